The molecule has 0 aliphatic rings. The zero-order chi connectivity index (χ0) is 21.5. The van der Waals surface area contributed by atoms with Crippen LogP contribution in [-0.4, -0.2) is 6.61 Å². The van der Waals surface area contributed by atoms with Crippen LogP contribution in [0.15, 0.2) is 60.7 Å². The fraction of sp³-hybridized carbons (Fsp3) is 0.192. The molecule has 152 valence electrons. The first kappa shape index (κ1) is 21.5. The van der Waals surface area contributed by atoms with E-state index in [-0.39, 0.29) is 0 Å². The van der Waals surface area contributed by atoms with Crippen molar-refractivity contribution < 1.29 is 9.47 Å². The van der Waals surface area contributed by atoms with E-state index in [1.54, 1.807) is 6.07 Å². The molecule has 0 aliphatic heterocycles. The van der Waals surface area contributed by atoms with Crippen LogP contribution in [0, 0.1) is 25.2 Å². The number of nitrogens with zero attached hydrogens (tertiary/aromatic N) is 1. The Labute approximate surface area is 183 Å². The summed E-state index contributed by atoms with van der Waals surface area (Å²) in [5, 5.41) is 10.1. The maximum absolute atomic E-state index is 9.63. The highest BCUT2D eigenvalue weighted by atomic mass is 35.5. The number of nitriles is 1. The van der Waals surface area contributed by atoms with Crippen molar-refractivity contribution in [2.75, 3.05) is 6.61 Å². The molecule has 0 unspecified atom stereocenters. The summed E-state index contributed by atoms with van der Waals surface area (Å²) in [6, 6.07) is 21.9. The molecule has 3 aromatic rings. The first-order valence-corrected chi connectivity index (χ1v) is 10.2. The second-order valence-corrected chi connectivity index (χ2v) is 7.48. The van der Waals surface area contributed by atoms with Gasteiger partial charge in [-0.1, -0.05) is 71.3 Å². The second-order valence-electron chi connectivity index (χ2n) is 7.08. The van der Waals surface area contributed by atoms with Crippen LogP contribution in [0.25, 0.3) is 11.6 Å². The Morgan fingerprint density at radius 2 is 1.77 bits per heavy atom. The highest BCUT2D eigenvalue weighted by Gasteiger charge is 2.13. The second kappa shape index (κ2) is 10.0. The van der Waals surface area contributed by atoms with Crippen LogP contribution in [0.4, 0.5) is 0 Å². The Hall–Kier alpha value is -3.22. The van der Waals surface area contributed by atoms with Crippen molar-refractivity contribution in [3.63, 3.8) is 0 Å². The fourth-order valence-electron chi connectivity index (χ4n) is 3.11. The molecule has 0 atom stereocenters. The molecule has 3 nitrogen and oxygen atoms in total. The van der Waals surface area contributed by atoms with Gasteiger partial charge in [0, 0.05) is 0 Å². The van der Waals surface area contributed by atoms with Gasteiger partial charge in [0.2, 0.25) is 0 Å². The lowest BCUT2D eigenvalue weighted by Gasteiger charge is -2.15. The van der Waals surface area contributed by atoms with Crippen molar-refractivity contribution in [3.8, 4) is 17.6 Å². The lowest BCUT2D eigenvalue weighted by atomic mass is 10.0. The highest BCUT2D eigenvalue weighted by Crippen LogP contribution is 2.38. The van der Waals surface area contributed by atoms with E-state index in [1.165, 1.54) is 5.56 Å². The highest BCUT2D eigenvalue weighted by molar-refractivity contribution is 6.32. The van der Waals surface area contributed by atoms with E-state index in [0.717, 1.165) is 22.3 Å². The Kier molecular flexibility index (Phi) is 7.17. The summed E-state index contributed by atoms with van der Waals surface area (Å²) in [7, 11) is 0. The molecule has 3 aromatic carbocycles. The van der Waals surface area contributed by atoms with Gasteiger partial charge in [0.15, 0.2) is 11.5 Å². The lowest BCUT2D eigenvalue weighted by Crippen LogP contribution is -2.01. The molecule has 0 saturated heterocycles. The third-order valence-electron chi connectivity index (χ3n) is 4.59. The van der Waals surface area contributed by atoms with E-state index in [2.05, 4.69) is 12.1 Å². The summed E-state index contributed by atoms with van der Waals surface area (Å²) in [5.74, 6) is 1.07. The van der Waals surface area contributed by atoms with Gasteiger partial charge in [0.25, 0.3) is 0 Å². The summed E-state index contributed by atoms with van der Waals surface area (Å²) in [5.41, 5.74) is 5.58. The van der Waals surface area contributed by atoms with E-state index in [0.29, 0.717) is 35.3 Å². The largest absolute Gasteiger partial charge is 0.490 e. The maximum atomic E-state index is 9.63. The van der Waals surface area contributed by atoms with Gasteiger partial charge in [0.05, 0.1) is 23.3 Å². The first-order valence-electron chi connectivity index (χ1n) is 9.83. The van der Waals surface area contributed by atoms with Gasteiger partial charge < -0.3 is 9.47 Å². The topological polar surface area (TPSA) is 42.2 Å². The number of allylic oxidation sites excluding steroid dienone is 1. The molecule has 3 rings (SSSR count). The van der Waals surface area contributed by atoms with E-state index >= 15 is 0 Å². The van der Waals surface area contributed by atoms with Crippen LogP contribution >= 0.6 is 11.6 Å². The van der Waals surface area contributed by atoms with Crippen molar-refractivity contribution in [1.29, 1.82) is 5.26 Å². The Morgan fingerprint density at radius 3 is 2.43 bits per heavy atom. The molecular formula is C26H24ClNO2. The van der Waals surface area contributed by atoms with Gasteiger partial charge in [-0.15, -0.1) is 0 Å². The molecule has 0 aromatic heterocycles. The Morgan fingerprint density at radius 1 is 1.00 bits per heavy atom. The third-order valence-corrected chi connectivity index (χ3v) is 4.87. The zero-order valence-corrected chi connectivity index (χ0v) is 18.2. The summed E-state index contributed by atoms with van der Waals surface area (Å²) in [6.07, 6.45) is 1.81. The van der Waals surface area contributed by atoms with Gasteiger partial charge in [-0.3, -0.25) is 0 Å². The van der Waals surface area contributed by atoms with Crippen molar-refractivity contribution in [3.05, 3.63) is 93.5 Å². The van der Waals surface area contributed by atoms with Crippen LogP contribution in [0.3, 0.4) is 0 Å². The predicted octanol–water partition coefficient (Wildman–Crippen LogP) is 7.00. The molecule has 0 amide bonds. The smallest absolute Gasteiger partial charge is 0.180 e. The lowest BCUT2D eigenvalue weighted by molar-refractivity contribution is 0.269. The molecule has 0 bridgehead atoms. The fourth-order valence-corrected chi connectivity index (χ4v) is 3.39. The van der Waals surface area contributed by atoms with E-state index in [4.69, 9.17) is 21.1 Å². The molecule has 0 fully saturated rings. The molecule has 0 N–H and O–H groups in total. The number of benzene rings is 3. The van der Waals surface area contributed by atoms with Crippen molar-refractivity contribution in [2.24, 2.45) is 0 Å². The third kappa shape index (κ3) is 5.43. The summed E-state index contributed by atoms with van der Waals surface area (Å²) < 4.78 is 11.8. The summed E-state index contributed by atoms with van der Waals surface area (Å²) >= 11 is 6.54. The molecule has 0 radical (unpaired) electrons. The maximum Gasteiger partial charge on any atom is 0.180 e. The standard InChI is InChI=1S/C26H24ClNO2/c1-4-29-25-15-21(13-23(16-28)22-10-8-18(2)9-11-22)14-24(27)26(25)30-17-20-7-5-6-19(3)12-20/h5-15H,4,17H2,1-3H3/b23-13-. The van der Waals surface area contributed by atoms with Gasteiger partial charge in [-0.2, -0.15) is 5.26 Å². The van der Waals surface area contributed by atoms with Crippen molar-refractivity contribution in [2.45, 2.75) is 27.4 Å². The number of hydrogen-bond donors (Lipinski definition) is 0. The first-order chi connectivity index (χ1) is 14.5. The summed E-state index contributed by atoms with van der Waals surface area (Å²) in [6.45, 7) is 6.85. The predicted molar refractivity (Wildman–Crippen MR) is 123 cm³/mol. The van der Waals surface area contributed by atoms with Crippen molar-refractivity contribution >= 4 is 23.3 Å². The molecule has 4 heteroatoms. The number of aryl methyl sites for hydroxylation is 2. The SMILES string of the molecule is CCOc1cc(/C=C(/C#N)c2ccc(C)cc2)cc(Cl)c1OCc1cccc(C)c1. The number of ether oxygens (including phenoxy) is 2. The van der Waals surface area contributed by atoms with Crippen LogP contribution < -0.4 is 9.47 Å². The van der Waals surface area contributed by atoms with E-state index < -0.39 is 0 Å². The zero-order valence-electron chi connectivity index (χ0n) is 17.4. The molecule has 0 spiro atoms. The monoisotopic (exact) mass is 417 g/mol. The molecular weight excluding hydrogens is 394 g/mol. The normalized spacial score (nSPS) is 11.1. The number of halogens is 1. The van der Waals surface area contributed by atoms with Gasteiger partial charge in [0.1, 0.15) is 6.61 Å². The quantitative estimate of drug-likeness (QED) is 0.307. The average molecular weight is 418 g/mol. The van der Waals surface area contributed by atoms with Crippen LogP contribution in [0.2, 0.25) is 5.02 Å². The van der Waals surface area contributed by atoms with Crippen LogP contribution in [0.1, 0.15) is 34.7 Å². The molecule has 0 saturated carbocycles. The Balaban J connectivity index is 1.92. The van der Waals surface area contributed by atoms with Crippen LogP contribution in [-0.2, 0) is 6.61 Å². The minimum absolute atomic E-state index is 0.392. The minimum atomic E-state index is 0.392. The van der Waals surface area contributed by atoms with Crippen molar-refractivity contribution in [1.82, 2.24) is 0 Å². The number of hydrogen-bond acceptors (Lipinski definition) is 3. The minimum Gasteiger partial charge on any atom is -0.490 e. The average Bonchev–Trinajstić information content (AvgIpc) is 2.72. The number of rotatable bonds is 7. The van der Waals surface area contributed by atoms with E-state index in [1.807, 2.05) is 75.4 Å². The molecule has 0 heterocycles. The summed E-state index contributed by atoms with van der Waals surface area (Å²) in [4.78, 5) is 0. The van der Waals surface area contributed by atoms with Gasteiger partial charge in [-0.25, -0.2) is 0 Å². The molecule has 0 aliphatic carbocycles. The van der Waals surface area contributed by atoms with Gasteiger partial charge >= 0.3 is 0 Å². The van der Waals surface area contributed by atoms with E-state index in [9.17, 15) is 5.26 Å². The van der Waals surface area contributed by atoms with Crippen LogP contribution in [0.5, 0.6) is 11.5 Å². The molecule has 30 heavy (non-hydrogen) atoms. The Bertz CT molecular complexity index is 1100. The van der Waals surface area contributed by atoms with Gasteiger partial charge in [-0.05, 0) is 55.7 Å².